The van der Waals surface area contributed by atoms with E-state index in [9.17, 15) is 23.5 Å². The fourth-order valence-corrected chi connectivity index (χ4v) is 3.03. The topological polar surface area (TPSA) is 73.4 Å². The average Bonchev–Trinajstić information content (AvgIpc) is 2.91. The van der Waals surface area contributed by atoms with Crippen molar-refractivity contribution in [3.8, 4) is 0 Å². The predicted molar refractivity (Wildman–Crippen MR) is 82.6 cm³/mol. The van der Waals surface area contributed by atoms with Crippen LogP contribution in [0.5, 0.6) is 0 Å². The summed E-state index contributed by atoms with van der Waals surface area (Å²) in [6.07, 6.45) is 0.807. The van der Waals surface area contributed by atoms with Gasteiger partial charge >= 0.3 is 0 Å². The summed E-state index contributed by atoms with van der Waals surface area (Å²) < 4.78 is 26.6. The Morgan fingerprint density at radius 2 is 2.04 bits per heavy atom. The minimum absolute atomic E-state index is 0.0844. The number of nitrogens with zero attached hydrogens (tertiary/aromatic N) is 1. The van der Waals surface area contributed by atoms with Crippen LogP contribution in [0.2, 0.25) is 0 Å². The fourth-order valence-electron chi connectivity index (χ4n) is 3.03. The van der Waals surface area contributed by atoms with Gasteiger partial charge in [0.25, 0.3) is 5.91 Å². The molecular weight excluding hydrogens is 318 g/mol. The number of pyridine rings is 1. The van der Waals surface area contributed by atoms with Gasteiger partial charge in [-0.3, -0.25) is 9.59 Å². The summed E-state index contributed by atoms with van der Waals surface area (Å²) in [4.78, 5) is 27.9. The molecule has 1 saturated heterocycles. The molecule has 0 bridgehead atoms. The number of benzene rings is 1. The van der Waals surface area contributed by atoms with E-state index in [0.29, 0.717) is 16.7 Å². The molecule has 2 aromatic rings. The number of aliphatic hydroxyl groups is 1. The van der Waals surface area contributed by atoms with Crippen LogP contribution in [0.15, 0.2) is 35.3 Å². The molecule has 3 rings (SSSR count). The maximum absolute atomic E-state index is 13.5. The summed E-state index contributed by atoms with van der Waals surface area (Å²) >= 11 is 0. The molecule has 1 aromatic carbocycles. The molecule has 1 fully saturated rings. The van der Waals surface area contributed by atoms with E-state index >= 15 is 0 Å². The lowest BCUT2D eigenvalue weighted by Gasteiger charge is -2.25. The average molecular weight is 334 g/mol. The van der Waals surface area contributed by atoms with Crippen LogP contribution in [-0.2, 0) is 0 Å². The zero-order valence-corrected chi connectivity index (χ0v) is 12.9. The van der Waals surface area contributed by atoms with Crippen molar-refractivity contribution in [2.75, 3.05) is 6.54 Å². The molecule has 0 aliphatic carbocycles. The van der Waals surface area contributed by atoms with Gasteiger partial charge < -0.3 is 15.0 Å². The van der Waals surface area contributed by atoms with E-state index in [-0.39, 0.29) is 24.4 Å². The van der Waals surface area contributed by atoms with Gasteiger partial charge in [-0.25, -0.2) is 8.78 Å². The normalized spacial score (nSPS) is 20.4. The van der Waals surface area contributed by atoms with E-state index < -0.39 is 23.8 Å². The molecule has 1 aromatic heterocycles. The molecule has 5 nitrogen and oxygen atoms in total. The van der Waals surface area contributed by atoms with E-state index in [4.69, 9.17) is 0 Å². The van der Waals surface area contributed by atoms with Gasteiger partial charge in [-0.2, -0.15) is 0 Å². The Morgan fingerprint density at radius 3 is 2.71 bits per heavy atom. The summed E-state index contributed by atoms with van der Waals surface area (Å²) in [5.74, 6) is -2.34. The highest BCUT2D eigenvalue weighted by Crippen LogP contribution is 2.34. The number of rotatable bonds is 2. The van der Waals surface area contributed by atoms with Crippen molar-refractivity contribution >= 4 is 5.91 Å². The Morgan fingerprint density at radius 1 is 1.29 bits per heavy atom. The second-order valence-electron chi connectivity index (χ2n) is 5.93. The number of aryl methyl sites for hydroxylation is 1. The number of nitrogens with one attached hydrogen (secondary N) is 1. The van der Waals surface area contributed by atoms with Crippen LogP contribution in [0.1, 0.15) is 33.9 Å². The molecule has 1 aliphatic rings. The summed E-state index contributed by atoms with van der Waals surface area (Å²) in [6, 6.07) is 4.20. The van der Waals surface area contributed by atoms with E-state index in [0.717, 1.165) is 12.1 Å². The molecule has 7 heteroatoms. The van der Waals surface area contributed by atoms with Crippen LogP contribution in [-0.4, -0.2) is 33.5 Å². The molecule has 2 atom stereocenters. The minimum Gasteiger partial charge on any atom is -0.391 e. The molecule has 2 heterocycles. The highest BCUT2D eigenvalue weighted by Gasteiger charge is 2.36. The Balaban J connectivity index is 1.96. The highest BCUT2D eigenvalue weighted by molar-refractivity contribution is 5.95. The van der Waals surface area contributed by atoms with Crippen LogP contribution in [0.25, 0.3) is 0 Å². The van der Waals surface area contributed by atoms with Crippen molar-refractivity contribution in [2.24, 2.45) is 0 Å². The molecule has 0 unspecified atom stereocenters. The van der Waals surface area contributed by atoms with Crippen LogP contribution in [0.4, 0.5) is 8.78 Å². The standard InChI is InChI=1S/C17H16F2N2O3/c1-9-4-16(23)20-7-12(9)17(24)21-8-11(22)6-15(21)10-2-3-13(18)14(19)5-10/h2-5,7,11,15,22H,6,8H2,1H3,(H,20,23)/t11-,15-/m1/s1. The molecular formula is C17H16F2N2O3. The summed E-state index contributed by atoms with van der Waals surface area (Å²) in [7, 11) is 0. The third-order valence-electron chi connectivity index (χ3n) is 4.23. The van der Waals surface area contributed by atoms with Crippen LogP contribution < -0.4 is 5.56 Å². The number of H-pyrrole nitrogens is 1. The first-order chi connectivity index (χ1) is 11.4. The first kappa shape index (κ1) is 16.3. The number of amides is 1. The summed E-state index contributed by atoms with van der Waals surface area (Å²) in [5, 5.41) is 9.94. The van der Waals surface area contributed by atoms with Gasteiger partial charge in [0.05, 0.1) is 17.7 Å². The molecule has 1 amide bonds. The van der Waals surface area contributed by atoms with Gasteiger partial charge in [0.1, 0.15) is 0 Å². The van der Waals surface area contributed by atoms with Crippen LogP contribution >= 0.6 is 0 Å². The Kier molecular flexibility index (Phi) is 4.19. The first-order valence-corrected chi connectivity index (χ1v) is 7.50. The number of aliphatic hydroxyl groups excluding tert-OH is 1. The zero-order valence-electron chi connectivity index (χ0n) is 12.9. The SMILES string of the molecule is Cc1cc(=O)[nH]cc1C(=O)N1C[C@H](O)C[C@@H]1c1ccc(F)c(F)c1. The van der Waals surface area contributed by atoms with Gasteiger partial charge in [-0.05, 0) is 36.6 Å². The fraction of sp³-hybridized carbons (Fsp3) is 0.294. The van der Waals surface area contributed by atoms with E-state index in [1.165, 1.54) is 23.2 Å². The lowest BCUT2D eigenvalue weighted by Crippen LogP contribution is -2.32. The zero-order chi connectivity index (χ0) is 17.4. The lowest BCUT2D eigenvalue weighted by atomic mass is 10.0. The first-order valence-electron chi connectivity index (χ1n) is 7.50. The van der Waals surface area contributed by atoms with Crippen molar-refractivity contribution in [1.29, 1.82) is 0 Å². The van der Waals surface area contributed by atoms with Gasteiger partial charge in [-0.1, -0.05) is 6.07 Å². The van der Waals surface area contributed by atoms with Crippen molar-refractivity contribution < 1.29 is 18.7 Å². The Labute approximate surface area is 136 Å². The van der Waals surface area contributed by atoms with Gasteiger partial charge in [0, 0.05) is 18.8 Å². The number of halogens is 2. The van der Waals surface area contributed by atoms with Crippen molar-refractivity contribution in [1.82, 2.24) is 9.88 Å². The van der Waals surface area contributed by atoms with Crippen LogP contribution in [0.3, 0.4) is 0 Å². The second-order valence-corrected chi connectivity index (χ2v) is 5.93. The van der Waals surface area contributed by atoms with Crippen LogP contribution in [0, 0.1) is 18.6 Å². The lowest BCUT2D eigenvalue weighted by molar-refractivity contribution is 0.0714. The number of carbonyl (C=O) groups excluding carboxylic acids is 1. The number of hydrogen-bond acceptors (Lipinski definition) is 3. The maximum Gasteiger partial charge on any atom is 0.256 e. The van der Waals surface area contributed by atoms with E-state index in [2.05, 4.69) is 4.98 Å². The van der Waals surface area contributed by atoms with E-state index in [1.54, 1.807) is 6.92 Å². The third kappa shape index (κ3) is 2.94. The minimum atomic E-state index is -0.999. The molecule has 0 radical (unpaired) electrons. The van der Waals surface area contributed by atoms with Crippen molar-refractivity contribution in [2.45, 2.75) is 25.5 Å². The number of aromatic nitrogens is 1. The highest BCUT2D eigenvalue weighted by atomic mass is 19.2. The summed E-state index contributed by atoms with van der Waals surface area (Å²) in [6.45, 7) is 1.72. The molecule has 2 N–H and O–H groups in total. The molecule has 0 saturated carbocycles. The van der Waals surface area contributed by atoms with Crippen molar-refractivity contribution in [3.63, 3.8) is 0 Å². The quantitative estimate of drug-likeness (QED) is 0.881. The van der Waals surface area contributed by atoms with E-state index in [1.807, 2.05) is 0 Å². The molecule has 0 spiro atoms. The monoisotopic (exact) mass is 334 g/mol. The Bertz CT molecular complexity index is 850. The van der Waals surface area contributed by atoms with Gasteiger partial charge in [0.15, 0.2) is 11.6 Å². The molecule has 126 valence electrons. The summed E-state index contributed by atoms with van der Waals surface area (Å²) in [5.41, 5.74) is 0.911. The number of β-amino-alcohol motifs (C(OH)–C–C–N with tert-alkyl or cyclic N) is 1. The maximum atomic E-state index is 13.5. The number of aromatic amines is 1. The second kappa shape index (κ2) is 6.16. The number of carbonyl (C=O) groups is 1. The molecule has 24 heavy (non-hydrogen) atoms. The van der Waals surface area contributed by atoms with Crippen molar-refractivity contribution in [3.05, 3.63) is 69.1 Å². The smallest absolute Gasteiger partial charge is 0.256 e. The number of likely N-dealkylation sites (tertiary alicyclic amines) is 1. The Hall–Kier alpha value is -2.54. The third-order valence-corrected chi connectivity index (χ3v) is 4.23. The predicted octanol–water partition coefficient (Wildman–Crippen LogP) is 1.91. The van der Waals surface area contributed by atoms with Gasteiger partial charge in [0.2, 0.25) is 5.56 Å². The largest absolute Gasteiger partial charge is 0.391 e. The number of hydrogen-bond donors (Lipinski definition) is 2. The van der Waals surface area contributed by atoms with Gasteiger partial charge in [-0.15, -0.1) is 0 Å². The molecule has 1 aliphatic heterocycles.